The molecule has 0 aromatic carbocycles. The lowest BCUT2D eigenvalue weighted by Crippen LogP contribution is -2.34. The van der Waals surface area contributed by atoms with Gasteiger partial charge in [-0.15, -0.1) is 0 Å². The van der Waals surface area contributed by atoms with Crippen molar-refractivity contribution in [2.45, 2.75) is 45.8 Å². The molecule has 0 saturated heterocycles. The Hall–Kier alpha value is -0.443. The molecule has 0 unspecified atom stereocenters. The van der Waals surface area contributed by atoms with Gasteiger partial charge in [0.25, 0.3) is 0 Å². The van der Waals surface area contributed by atoms with Crippen molar-refractivity contribution in [3.63, 3.8) is 0 Å². The lowest BCUT2D eigenvalue weighted by Gasteiger charge is -2.12. The third-order valence-corrected chi connectivity index (χ3v) is 3.57. The van der Waals surface area contributed by atoms with Crippen LogP contribution in [0.25, 0.3) is 0 Å². The van der Waals surface area contributed by atoms with Crippen molar-refractivity contribution in [1.29, 1.82) is 0 Å². The largest absolute Gasteiger partial charge is 0.305 e. The predicted octanol–water partition coefficient (Wildman–Crippen LogP) is 2.19. The molecule has 2 nitrogen and oxygen atoms in total. The van der Waals surface area contributed by atoms with E-state index in [0.29, 0.717) is 6.42 Å². The van der Waals surface area contributed by atoms with Gasteiger partial charge < -0.3 is 4.79 Å². The van der Waals surface area contributed by atoms with E-state index in [1.165, 1.54) is 0 Å². The highest BCUT2D eigenvalue weighted by atomic mass is 28.3. The molecule has 0 aromatic rings. The van der Waals surface area contributed by atoms with Crippen LogP contribution < -0.4 is 0 Å². The van der Waals surface area contributed by atoms with Gasteiger partial charge in [0.05, 0.1) is 6.42 Å². The second-order valence-electron chi connectivity index (χ2n) is 4.14. The molecule has 0 aliphatic rings. The Balaban J connectivity index is 3.94. The normalized spacial score (nSPS) is 11.3. The van der Waals surface area contributed by atoms with Crippen LogP contribution in [0.2, 0.25) is 19.6 Å². The molecular weight excluding hydrogens is 168 g/mol. The van der Waals surface area contributed by atoms with Gasteiger partial charge in [0, 0.05) is 6.42 Å². The van der Waals surface area contributed by atoms with Gasteiger partial charge in [-0.2, -0.15) is 0 Å². The van der Waals surface area contributed by atoms with E-state index in [1.54, 1.807) is 0 Å². The van der Waals surface area contributed by atoms with Crippen LogP contribution in [0.1, 0.15) is 26.2 Å². The smallest absolute Gasteiger partial charge is 0.139 e. The second kappa shape index (κ2) is 4.55. The summed E-state index contributed by atoms with van der Waals surface area (Å²) >= 11 is 0. The van der Waals surface area contributed by atoms with Gasteiger partial charge in [-0.05, 0) is 6.42 Å². The predicted molar refractivity (Wildman–Crippen MR) is 52.9 cm³/mol. The van der Waals surface area contributed by atoms with E-state index in [-0.39, 0.29) is 17.6 Å². The van der Waals surface area contributed by atoms with Crippen LogP contribution in [0.3, 0.4) is 0 Å². The first-order valence-corrected chi connectivity index (χ1v) is 7.93. The Bertz CT molecular complexity index is 179. The lowest BCUT2D eigenvalue weighted by atomic mass is 10.2. The fourth-order valence-electron chi connectivity index (χ4n) is 0.811. The molecule has 0 N–H and O–H groups in total. The summed E-state index contributed by atoms with van der Waals surface area (Å²) in [6, 6.07) is 0. The molecule has 3 heteroatoms. The first-order chi connectivity index (χ1) is 5.38. The van der Waals surface area contributed by atoms with Crippen LogP contribution in [0, 0.1) is 0 Å². The quantitative estimate of drug-likeness (QED) is 0.487. The number of hydrogen-bond donors (Lipinski definition) is 0. The molecule has 0 bridgehead atoms. The fraction of sp³-hybridized carbons (Fsp3) is 0.778. The number of rotatable bonds is 5. The first-order valence-electron chi connectivity index (χ1n) is 4.43. The number of hydrogen-bond acceptors (Lipinski definition) is 2. The van der Waals surface area contributed by atoms with Crippen molar-refractivity contribution >= 4 is 19.3 Å². The molecule has 0 radical (unpaired) electrons. The Labute approximate surface area is 75.4 Å². The standard InChI is InChI=1S/C9H18O2Si/c1-5-6-8(10)7-9(11)12(2,3)4/h5-7H2,1-4H3. The van der Waals surface area contributed by atoms with Gasteiger partial charge in [-0.1, -0.05) is 26.6 Å². The zero-order valence-electron chi connectivity index (χ0n) is 8.44. The highest BCUT2D eigenvalue weighted by Gasteiger charge is 2.25. The molecule has 70 valence electrons. The fourth-order valence-corrected chi connectivity index (χ4v) is 1.54. The van der Waals surface area contributed by atoms with Gasteiger partial charge in [-0.3, -0.25) is 4.79 Å². The van der Waals surface area contributed by atoms with Crippen LogP contribution in [0.15, 0.2) is 0 Å². The molecule has 0 rings (SSSR count). The maximum atomic E-state index is 11.4. The average molecular weight is 186 g/mol. The Morgan fingerprint density at radius 1 is 1.17 bits per heavy atom. The van der Waals surface area contributed by atoms with E-state index in [9.17, 15) is 9.59 Å². The maximum absolute atomic E-state index is 11.4. The minimum absolute atomic E-state index is 0.102. The zero-order valence-corrected chi connectivity index (χ0v) is 9.44. The summed E-state index contributed by atoms with van der Waals surface area (Å²) < 4.78 is 0. The van der Waals surface area contributed by atoms with Crippen LogP contribution >= 0.6 is 0 Å². The molecule has 0 fully saturated rings. The van der Waals surface area contributed by atoms with Crippen molar-refractivity contribution in [2.24, 2.45) is 0 Å². The SMILES string of the molecule is CCCC(=O)CC(=O)[Si](C)(C)C. The van der Waals surface area contributed by atoms with Crippen LogP contribution in [-0.2, 0) is 9.59 Å². The topological polar surface area (TPSA) is 34.1 Å². The van der Waals surface area contributed by atoms with Crippen molar-refractivity contribution in [2.75, 3.05) is 0 Å². The summed E-state index contributed by atoms with van der Waals surface area (Å²) in [5.41, 5.74) is 0. The first kappa shape index (κ1) is 11.6. The van der Waals surface area contributed by atoms with Gasteiger partial charge in [0.2, 0.25) is 0 Å². The van der Waals surface area contributed by atoms with Gasteiger partial charge >= 0.3 is 0 Å². The summed E-state index contributed by atoms with van der Waals surface area (Å²) in [6.07, 6.45) is 1.57. The lowest BCUT2D eigenvalue weighted by molar-refractivity contribution is -0.123. The zero-order chi connectivity index (χ0) is 9.78. The summed E-state index contributed by atoms with van der Waals surface area (Å²) in [5.74, 6) is 0.102. The maximum Gasteiger partial charge on any atom is 0.139 e. The van der Waals surface area contributed by atoms with Gasteiger partial charge in [0.1, 0.15) is 19.3 Å². The third-order valence-electron chi connectivity index (χ3n) is 1.72. The van der Waals surface area contributed by atoms with Crippen molar-refractivity contribution in [1.82, 2.24) is 0 Å². The van der Waals surface area contributed by atoms with Crippen molar-refractivity contribution in [3.05, 3.63) is 0 Å². The monoisotopic (exact) mass is 186 g/mol. The minimum atomic E-state index is -1.71. The van der Waals surface area contributed by atoms with E-state index < -0.39 is 8.07 Å². The average Bonchev–Trinajstić information content (AvgIpc) is 1.85. The number of Topliss-reactive ketones (excluding diaryl/α,β-unsaturated/α-hetero) is 1. The molecule has 0 aliphatic carbocycles. The Morgan fingerprint density at radius 2 is 1.67 bits per heavy atom. The van der Waals surface area contributed by atoms with E-state index in [2.05, 4.69) is 0 Å². The number of carbonyl (C=O) groups excluding carboxylic acids is 2. The van der Waals surface area contributed by atoms with Crippen LogP contribution in [-0.4, -0.2) is 19.3 Å². The molecule has 0 aliphatic heterocycles. The molecule has 12 heavy (non-hydrogen) atoms. The van der Waals surface area contributed by atoms with E-state index in [4.69, 9.17) is 0 Å². The van der Waals surface area contributed by atoms with E-state index in [0.717, 1.165) is 6.42 Å². The molecule has 0 amide bonds. The minimum Gasteiger partial charge on any atom is -0.305 e. The van der Waals surface area contributed by atoms with Gasteiger partial charge in [-0.25, -0.2) is 0 Å². The highest BCUT2D eigenvalue weighted by molar-refractivity contribution is 7.03. The van der Waals surface area contributed by atoms with E-state index >= 15 is 0 Å². The number of ketones is 1. The molecule has 0 spiro atoms. The van der Waals surface area contributed by atoms with E-state index in [1.807, 2.05) is 26.6 Å². The molecule has 0 aromatic heterocycles. The molecule has 0 heterocycles. The summed E-state index contributed by atoms with van der Waals surface area (Å²) in [4.78, 5) is 22.5. The highest BCUT2D eigenvalue weighted by Crippen LogP contribution is 2.07. The summed E-state index contributed by atoms with van der Waals surface area (Å²) in [7, 11) is -1.71. The van der Waals surface area contributed by atoms with Crippen molar-refractivity contribution < 1.29 is 9.59 Å². The van der Waals surface area contributed by atoms with Crippen LogP contribution in [0.4, 0.5) is 0 Å². The molecule has 0 atom stereocenters. The molecule has 0 saturated carbocycles. The van der Waals surface area contributed by atoms with Crippen LogP contribution in [0.5, 0.6) is 0 Å². The Morgan fingerprint density at radius 3 is 2.00 bits per heavy atom. The van der Waals surface area contributed by atoms with Crippen molar-refractivity contribution in [3.8, 4) is 0 Å². The molecular formula is C9H18O2Si. The number of carbonyl (C=O) groups is 2. The summed E-state index contributed by atoms with van der Waals surface area (Å²) in [5, 5.41) is 0.181. The second-order valence-corrected chi connectivity index (χ2v) is 9.20. The summed E-state index contributed by atoms with van der Waals surface area (Å²) in [6.45, 7) is 7.90. The Kier molecular flexibility index (Phi) is 4.38. The third kappa shape index (κ3) is 4.44. The van der Waals surface area contributed by atoms with Gasteiger partial charge in [0.15, 0.2) is 0 Å².